The molecule has 0 aromatic carbocycles. The van der Waals surface area contributed by atoms with Crippen molar-refractivity contribution < 1.29 is 0 Å². The van der Waals surface area contributed by atoms with Gasteiger partial charge in [0.25, 0.3) is 0 Å². The molecule has 76 valence electrons. The molecule has 2 heteroatoms. The van der Waals surface area contributed by atoms with Crippen molar-refractivity contribution in [3.8, 4) is 0 Å². The Hall–Kier alpha value is -0.0800. The lowest BCUT2D eigenvalue weighted by Gasteiger charge is -2.35. The maximum Gasteiger partial charge on any atom is 0.0123 e. The first-order valence-corrected chi connectivity index (χ1v) is 5.79. The number of hydrogen-bond acceptors (Lipinski definition) is 2. The van der Waals surface area contributed by atoms with E-state index in [9.17, 15) is 0 Å². The lowest BCUT2D eigenvalue weighted by Crippen LogP contribution is -2.42. The molecule has 13 heavy (non-hydrogen) atoms. The Morgan fingerprint density at radius 1 is 1.15 bits per heavy atom. The molecule has 3 saturated heterocycles. The third-order valence-electron chi connectivity index (χ3n) is 3.86. The molecule has 2 nitrogen and oxygen atoms in total. The van der Waals surface area contributed by atoms with Gasteiger partial charge < -0.3 is 4.90 Å². The fourth-order valence-corrected chi connectivity index (χ4v) is 2.73. The summed E-state index contributed by atoms with van der Waals surface area (Å²) >= 11 is 0. The predicted molar refractivity (Wildman–Crippen MR) is 55.9 cm³/mol. The molecule has 2 bridgehead atoms. The number of rotatable bonds is 2. The highest BCUT2D eigenvalue weighted by Crippen LogP contribution is 2.23. The SMILES string of the molecule is CCC(C)N1CCN2CCC1CC2. The molecule has 0 aromatic heterocycles. The van der Waals surface area contributed by atoms with Gasteiger partial charge >= 0.3 is 0 Å². The predicted octanol–water partition coefficient (Wildman–Crippen LogP) is 1.56. The van der Waals surface area contributed by atoms with E-state index in [0.717, 1.165) is 12.1 Å². The lowest BCUT2D eigenvalue weighted by molar-refractivity contribution is 0.138. The third kappa shape index (κ3) is 1.89. The van der Waals surface area contributed by atoms with Gasteiger partial charge in [0.2, 0.25) is 0 Å². The number of hydrogen-bond donors (Lipinski definition) is 0. The fourth-order valence-electron chi connectivity index (χ4n) is 2.73. The Balaban J connectivity index is 2.02. The molecule has 0 saturated carbocycles. The highest BCUT2D eigenvalue weighted by atomic mass is 15.3. The average molecular weight is 182 g/mol. The van der Waals surface area contributed by atoms with E-state index >= 15 is 0 Å². The second-order valence-corrected chi connectivity index (χ2v) is 4.57. The summed E-state index contributed by atoms with van der Waals surface area (Å²) in [5.74, 6) is 0. The van der Waals surface area contributed by atoms with E-state index in [1.54, 1.807) is 0 Å². The van der Waals surface area contributed by atoms with Crippen LogP contribution in [0.5, 0.6) is 0 Å². The molecule has 1 unspecified atom stereocenters. The maximum absolute atomic E-state index is 2.74. The molecule has 0 aliphatic carbocycles. The largest absolute Gasteiger partial charge is 0.302 e. The van der Waals surface area contributed by atoms with Crippen LogP contribution < -0.4 is 0 Å². The van der Waals surface area contributed by atoms with Crippen molar-refractivity contribution in [3.63, 3.8) is 0 Å². The minimum Gasteiger partial charge on any atom is -0.302 e. The summed E-state index contributed by atoms with van der Waals surface area (Å²) in [5.41, 5.74) is 0. The Kier molecular flexibility index (Phi) is 2.89. The van der Waals surface area contributed by atoms with Gasteiger partial charge in [-0.25, -0.2) is 0 Å². The van der Waals surface area contributed by atoms with Crippen LogP contribution in [-0.2, 0) is 0 Å². The Morgan fingerprint density at radius 3 is 2.46 bits per heavy atom. The Labute approximate surface area is 81.9 Å². The lowest BCUT2D eigenvalue weighted by atomic mass is 10.0. The third-order valence-corrected chi connectivity index (χ3v) is 3.86. The molecular formula is C11H22N2. The van der Waals surface area contributed by atoms with E-state index in [-0.39, 0.29) is 0 Å². The van der Waals surface area contributed by atoms with Crippen LogP contribution in [0.2, 0.25) is 0 Å². The van der Waals surface area contributed by atoms with Gasteiger partial charge in [0, 0.05) is 25.2 Å². The molecule has 3 fully saturated rings. The Morgan fingerprint density at radius 2 is 1.85 bits per heavy atom. The average Bonchev–Trinajstić information content (AvgIpc) is 2.49. The van der Waals surface area contributed by atoms with Crippen molar-refractivity contribution in [2.24, 2.45) is 0 Å². The molecule has 3 aliphatic rings. The normalized spacial score (nSPS) is 37.4. The van der Waals surface area contributed by atoms with Gasteiger partial charge in [-0.05, 0) is 39.3 Å². The van der Waals surface area contributed by atoms with Gasteiger partial charge in [-0.15, -0.1) is 0 Å². The van der Waals surface area contributed by atoms with Crippen LogP contribution in [0.3, 0.4) is 0 Å². The molecule has 0 N–H and O–H groups in total. The number of nitrogens with zero attached hydrogens (tertiary/aromatic N) is 2. The summed E-state index contributed by atoms with van der Waals surface area (Å²) in [6.07, 6.45) is 4.12. The van der Waals surface area contributed by atoms with E-state index in [2.05, 4.69) is 23.6 Å². The van der Waals surface area contributed by atoms with Crippen molar-refractivity contribution in [1.29, 1.82) is 0 Å². The minimum atomic E-state index is 0.794. The zero-order chi connectivity index (χ0) is 9.26. The molecule has 0 radical (unpaired) electrons. The minimum absolute atomic E-state index is 0.794. The molecule has 0 spiro atoms. The van der Waals surface area contributed by atoms with Crippen LogP contribution in [0.1, 0.15) is 33.1 Å². The molecule has 3 aliphatic heterocycles. The summed E-state index contributed by atoms with van der Waals surface area (Å²) in [6, 6.07) is 1.69. The zero-order valence-corrected chi connectivity index (χ0v) is 9.00. The van der Waals surface area contributed by atoms with Gasteiger partial charge in [0.15, 0.2) is 0 Å². The molecule has 3 rings (SSSR count). The van der Waals surface area contributed by atoms with Gasteiger partial charge in [0.1, 0.15) is 0 Å². The highest BCUT2D eigenvalue weighted by Gasteiger charge is 2.30. The quantitative estimate of drug-likeness (QED) is 0.639. The molecule has 0 amide bonds. The summed E-state index contributed by atoms with van der Waals surface area (Å²) in [5, 5.41) is 0. The Bertz CT molecular complexity index is 161. The van der Waals surface area contributed by atoms with Crippen LogP contribution in [0.25, 0.3) is 0 Å². The van der Waals surface area contributed by atoms with Crippen molar-refractivity contribution in [2.75, 3.05) is 26.2 Å². The zero-order valence-electron chi connectivity index (χ0n) is 9.00. The second-order valence-electron chi connectivity index (χ2n) is 4.57. The number of piperidine rings is 1. The van der Waals surface area contributed by atoms with Gasteiger partial charge in [-0.3, -0.25) is 4.90 Å². The monoisotopic (exact) mass is 182 g/mol. The van der Waals surface area contributed by atoms with Gasteiger partial charge in [0.05, 0.1) is 0 Å². The second kappa shape index (κ2) is 3.97. The first-order chi connectivity index (χ1) is 6.31. The van der Waals surface area contributed by atoms with E-state index < -0.39 is 0 Å². The first kappa shape index (κ1) is 9.47. The fraction of sp³-hybridized carbons (Fsp3) is 1.00. The molecule has 3 heterocycles. The van der Waals surface area contributed by atoms with E-state index in [1.165, 1.54) is 45.4 Å². The van der Waals surface area contributed by atoms with Gasteiger partial charge in [-0.1, -0.05) is 6.92 Å². The van der Waals surface area contributed by atoms with Crippen LogP contribution in [0, 0.1) is 0 Å². The van der Waals surface area contributed by atoms with Crippen LogP contribution in [-0.4, -0.2) is 48.1 Å². The molecule has 0 aromatic rings. The van der Waals surface area contributed by atoms with Crippen molar-refractivity contribution in [1.82, 2.24) is 9.80 Å². The van der Waals surface area contributed by atoms with E-state index in [1.807, 2.05) is 0 Å². The number of fused-ring (bicyclic) bond motifs is 4. The van der Waals surface area contributed by atoms with Crippen molar-refractivity contribution in [3.05, 3.63) is 0 Å². The van der Waals surface area contributed by atoms with Crippen molar-refractivity contribution >= 4 is 0 Å². The summed E-state index contributed by atoms with van der Waals surface area (Å²) < 4.78 is 0. The van der Waals surface area contributed by atoms with Crippen LogP contribution in [0.4, 0.5) is 0 Å². The molecular weight excluding hydrogens is 160 g/mol. The molecule has 1 atom stereocenters. The topological polar surface area (TPSA) is 6.48 Å². The van der Waals surface area contributed by atoms with Gasteiger partial charge in [-0.2, -0.15) is 0 Å². The van der Waals surface area contributed by atoms with Crippen molar-refractivity contribution in [2.45, 2.75) is 45.2 Å². The van der Waals surface area contributed by atoms with E-state index in [4.69, 9.17) is 0 Å². The van der Waals surface area contributed by atoms with E-state index in [0.29, 0.717) is 0 Å². The summed E-state index contributed by atoms with van der Waals surface area (Å²) in [7, 11) is 0. The maximum atomic E-state index is 2.74. The standard InChI is InChI=1S/C11H22N2/c1-3-10(2)13-9-8-12-6-4-11(13)5-7-12/h10-11H,3-9H2,1-2H3. The summed E-state index contributed by atoms with van der Waals surface area (Å²) in [4.78, 5) is 5.37. The highest BCUT2D eigenvalue weighted by molar-refractivity contribution is 4.86. The smallest absolute Gasteiger partial charge is 0.0123 e. The van der Waals surface area contributed by atoms with Crippen LogP contribution in [0.15, 0.2) is 0 Å². The van der Waals surface area contributed by atoms with Crippen LogP contribution >= 0.6 is 0 Å². The first-order valence-electron chi connectivity index (χ1n) is 5.79. The summed E-state index contributed by atoms with van der Waals surface area (Å²) in [6.45, 7) is 9.99.